The normalized spacial score (nSPS) is 18.3. The molecule has 1 saturated heterocycles. The monoisotopic (exact) mass is 1110 g/mol. The van der Waals surface area contributed by atoms with Crippen LogP contribution in [0, 0.1) is 0 Å². The number of ether oxygens (including phenoxy) is 5. The molecule has 0 spiro atoms. The summed E-state index contributed by atoms with van der Waals surface area (Å²) >= 11 is 0. The summed E-state index contributed by atoms with van der Waals surface area (Å²) < 4.78 is 28.4. The van der Waals surface area contributed by atoms with Gasteiger partial charge in [0.05, 0.1) is 13.0 Å². The fourth-order valence-electron chi connectivity index (χ4n) is 9.44. The molecule has 12 nitrogen and oxygen atoms in total. The van der Waals surface area contributed by atoms with Gasteiger partial charge in [-0.05, 0) is 70.6 Å². The topological polar surface area (TPSA) is 175 Å². The van der Waals surface area contributed by atoms with E-state index in [1.165, 1.54) is 135 Å². The van der Waals surface area contributed by atoms with Crippen LogP contribution in [-0.4, -0.2) is 89.2 Å². The summed E-state index contributed by atoms with van der Waals surface area (Å²) in [5, 5.41) is 31.5. The van der Waals surface area contributed by atoms with Gasteiger partial charge in [0.2, 0.25) is 0 Å². The second-order valence-electron chi connectivity index (χ2n) is 21.7. The highest BCUT2D eigenvalue weighted by Crippen LogP contribution is 2.26. The van der Waals surface area contributed by atoms with Crippen molar-refractivity contribution in [3.8, 4) is 0 Å². The van der Waals surface area contributed by atoms with Crippen molar-refractivity contribution in [2.75, 3.05) is 13.2 Å². The van der Waals surface area contributed by atoms with Crippen LogP contribution in [0.25, 0.3) is 0 Å². The lowest BCUT2D eigenvalue weighted by Crippen LogP contribution is -2.61. The lowest BCUT2D eigenvalue weighted by Gasteiger charge is -2.40. The molecule has 1 rings (SSSR count). The molecule has 1 fully saturated rings. The van der Waals surface area contributed by atoms with Crippen LogP contribution in [-0.2, 0) is 42.9 Å². The van der Waals surface area contributed by atoms with Crippen molar-refractivity contribution in [2.24, 2.45) is 0 Å². The number of carbonyl (C=O) groups excluding carboxylic acids is 3. The molecule has 6 unspecified atom stereocenters. The van der Waals surface area contributed by atoms with Crippen molar-refractivity contribution in [2.45, 2.75) is 314 Å². The van der Waals surface area contributed by atoms with Crippen LogP contribution in [0.4, 0.5) is 0 Å². The number of aliphatic carboxylic acids is 1. The molecule has 0 aliphatic carbocycles. The Morgan fingerprint density at radius 2 is 0.835 bits per heavy atom. The molecular weight excluding hydrogens is 997 g/mol. The molecule has 0 saturated carbocycles. The number of aliphatic hydroxyl groups is 2. The van der Waals surface area contributed by atoms with Gasteiger partial charge >= 0.3 is 23.9 Å². The minimum Gasteiger partial charge on any atom is -0.479 e. The van der Waals surface area contributed by atoms with Crippen LogP contribution in [0.15, 0.2) is 72.9 Å². The van der Waals surface area contributed by atoms with E-state index < -0.39 is 67.3 Å². The molecular formula is C67H114O12. The van der Waals surface area contributed by atoms with Crippen molar-refractivity contribution in [3.63, 3.8) is 0 Å². The van der Waals surface area contributed by atoms with Crippen LogP contribution >= 0.6 is 0 Å². The molecule has 3 N–H and O–H groups in total. The highest BCUT2D eigenvalue weighted by atomic mass is 16.7. The average Bonchev–Trinajstić information content (AvgIpc) is 3.46. The van der Waals surface area contributed by atoms with E-state index in [-0.39, 0.29) is 25.9 Å². The lowest BCUT2D eigenvalue weighted by molar-refractivity contribution is -0.301. The largest absolute Gasteiger partial charge is 0.479 e. The number of carboxylic acids is 1. The van der Waals surface area contributed by atoms with Gasteiger partial charge in [-0.2, -0.15) is 0 Å². The molecule has 6 atom stereocenters. The maximum atomic E-state index is 13.1. The first-order chi connectivity index (χ1) is 38.6. The third-order valence-corrected chi connectivity index (χ3v) is 14.3. The first-order valence-electron chi connectivity index (χ1n) is 31.9. The molecule has 12 heteroatoms. The van der Waals surface area contributed by atoms with Crippen molar-refractivity contribution >= 4 is 23.9 Å². The summed E-state index contributed by atoms with van der Waals surface area (Å²) in [7, 11) is 0. The molecule has 1 aliphatic heterocycles. The van der Waals surface area contributed by atoms with Gasteiger partial charge in [-0.3, -0.25) is 14.4 Å². The number of allylic oxidation sites excluding steroid dienone is 11. The highest BCUT2D eigenvalue weighted by molar-refractivity contribution is 5.74. The minimum atomic E-state index is -1.92. The quantitative estimate of drug-likeness (QED) is 0.0228. The number of hydrogen-bond donors (Lipinski definition) is 3. The Kier molecular flexibility index (Phi) is 50.7. The molecule has 79 heavy (non-hydrogen) atoms. The Morgan fingerprint density at radius 3 is 1.27 bits per heavy atom. The number of esters is 3. The number of hydrogen-bond acceptors (Lipinski definition) is 11. The predicted molar refractivity (Wildman–Crippen MR) is 322 cm³/mol. The SMILES string of the molecule is CC/C=C\C/C=C\C/C=C\C/C=C\C/C=C\CC(=O)OC(COC(=O)CCCCCCCCC/C=C\CCCCCCCC)COC1OC(C(=O)O)C(O)C(O)C1OC(=O)CCCCCCCCCCCCCCCCCCC. The van der Waals surface area contributed by atoms with Crippen LogP contribution in [0.3, 0.4) is 0 Å². The van der Waals surface area contributed by atoms with E-state index in [0.29, 0.717) is 19.3 Å². The Labute approximate surface area is 480 Å². The Morgan fingerprint density at radius 1 is 0.443 bits per heavy atom. The van der Waals surface area contributed by atoms with Crippen molar-refractivity contribution < 1.29 is 58.2 Å². The third kappa shape index (κ3) is 44.5. The number of carboxylic acid groups (broad SMARTS) is 1. The summed E-state index contributed by atoms with van der Waals surface area (Å²) in [5.41, 5.74) is 0. The van der Waals surface area contributed by atoms with E-state index in [4.69, 9.17) is 23.7 Å². The molecule has 1 aliphatic rings. The summed E-state index contributed by atoms with van der Waals surface area (Å²) in [4.78, 5) is 51.2. The number of rotatable bonds is 54. The summed E-state index contributed by atoms with van der Waals surface area (Å²) in [6.07, 6.45) is 57.5. The number of carbonyl (C=O) groups is 4. The first-order valence-corrected chi connectivity index (χ1v) is 31.9. The highest BCUT2D eigenvalue weighted by Gasteiger charge is 2.50. The molecule has 0 aromatic carbocycles. The number of unbranched alkanes of at least 4 members (excludes halogenated alkanes) is 29. The second-order valence-corrected chi connectivity index (χ2v) is 21.7. The van der Waals surface area contributed by atoms with E-state index in [1.807, 2.05) is 12.2 Å². The van der Waals surface area contributed by atoms with E-state index in [0.717, 1.165) is 83.5 Å². The van der Waals surface area contributed by atoms with Gasteiger partial charge in [0.15, 0.2) is 24.6 Å². The van der Waals surface area contributed by atoms with Gasteiger partial charge < -0.3 is 39.0 Å². The Balaban J connectivity index is 2.70. The fraction of sp³-hybridized carbons (Fsp3) is 0.761. The molecule has 0 amide bonds. The van der Waals surface area contributed by atoms with E-state index in [9.17, 15) is 34.5 Å². The van der Waals surface area contributed by atoms with Gasteiger partial charge in [0.25, 0.3) is 0 Å². The van der Waals surface area contributed by atoms with Crippen LogP contribution in [0.1, 0.15) is 278 Å². The molecule has 0 bridgehead atoms. The van der Waals surface area contributed by atoms with Gasteiger partial charge in [-0.1, -0.05) is 261 Å². The van der Waals surface area contributed by atoms with E-state index in [2.05, 4.69) is 75.5 Å². The van der Waals surface area contributed by atoms with Gasteiger partial charge in [0, 0.05) is 12.8 Å². The van der Waals surface area contributed by atoms with Gasteiger partial charge in [-0.15, -0.1) is 0 Å². The zero-order chi connectivity index (χ0) is 57.5. The van der Waals surface area contributed by atoms with E-state index >= 15 is 0 Å². The minimum absolute atomic E-state index is 0.0518. The molecule has 1 heterocycles. The Bertz CT molecular complexity index is 1650. The van der Waals surface area contributed by atoms with Crippen LogP contribution in [0.2, 0.25) is 0 Å². The average molecular weight is 1110 g/mol. The maximum absolute atomic E-state index is 13.1. The lowest BCUT2D eigenvalue weighted by atomic mass is 9.98. The van der Waals surface area contributed by atoms with Gasteiger partial charge in [0.1, 0.15) is 18.8 Å². The standard InChI is InChI=1S/C67H114O12/c1-4-7-10-13-16-19-22-25-28-30-33-35-38-41-44-47-50-53-59(68)75-56-58(77-60(69)54-51-48-45-42-39-36-32-27-24-21-18-15-12-9-6-3)57-76-67-65(63(72)62(71)64(79-67)66(73)74)78-61(70)55-52-49-46-43-40-37-34-31-29-26-23-20-17-14-11-8-5-2/h9,12,18,21,25,27-28,32,39,42,48,51,58,62-65,67,71-72H,4-8,10-11,13-17,19-20,22-24,26,29-31,33-38,40-41,43-47,49-50,52-57H2,1-3H3,(H,73,74)/b12-9-,21-18-,28-25-,32-27-,42-39-,51-48-. The molecule has 0 radical (unpaired) electrons. The first kappa shape index (κ1) is 73.2. The zero-order valence-corrected chi connectivity index (χ0v) is 50.1. The molecule has 0 aromatic rings. The fourth-order valence-corrected chi connectivity index (χ4v) is 9.44. The van der Waals surface area contributed by atoms with Crippen LogP contribution in [0.5, 0.6) is 0 Å². The second kappa shape index (κ2) is 54.7. The Hall–Kier alpha value is -3.84. The maximum Gasteiger partial charge on any atom is 0.335 e. The predicted octanol–water partition coefficient (Wildman–Crippen LogP) is 16.9. The van der Waals surface area contributed by atoms with Crippen molar-refractivity contribution in [1.82, 2.24) is 0 Å². The molecule has 0 aromatic heterocycles. The molecule has 454 valence electrons. The number of aliphatic hydroxyl groups excluding tert-OH is 2. The summed E-state index contributed by atoms with van der Waals surface area (Å²) in [6.45, 7) is 5.82. The van der Waals surface area contributed by atoms with E-state index in [1.54, 1.807) is 6.08 Å². The summed E-state index contributed by atoms with van der Waals surface area (Å²) in [5.74, 6) is -3.28. The van der Waals surface area contributed by atoms with Crippen molar-refractivity contribution in [1.29, 1.82) is 0 Å². The smallest absolute Gasteiger partial charge is 0.335 e. The van der Waals surface area contributed by atoms with Crippen LogP contribution < -0.4 is 0 Å². The summed E-state index contributed by atoms with van der Waals surface area (Å²) in [6, 6.07) is 0. The zero-order valence-electron chi connectivity index (χ0n) is 50.1. The third-order valence-electron chi connectivity index (χ3n) is 14.3. The van der Waals surface area contributed by atoms with Crippen molar-refractivity contribution in [3.05, 3.63) is 72.9 Å². The van der Waals surface area contributed by atoms with Gasteiger partial charge in [-0.25, -0.2) is 4.79 Å².